The first-order valence-corrected chi connectivity index (χ1v) is 14.7. The van der Waals surface area contributed by atoms with Crippen LogP contribution in [-0.2, 0) is 9.53 Å². The van der Waals surface area contributed by atoms with Crippen molar-refractivity contribution in [2.75, 3.05) is 14.2 Å². The van der Waals surface area contributed by atoms with Crippen molar-refractivity contribution in [1.29, 1.82) is 0 Å². The molecule has 0 bridgehead atoms. The molecule has 0 fully saturated rings. The van der Waals surface area contributed by atoms with Crippen LogP contribution in [0.2, 0.25) is 0 Å². The Labute approximate surface area is 260 Å². The quantitative estimate of drug-likeness (QED) is 0.115. The number of methoxy groups -OCH3 is 2. The Bertz CT molecular complexity index is 1660. The zero-order valence-electron chi connectivity index (χ0n) is 23.0. The Balaban J connectivity index is 1.86. The van der Waals surface area contributed by atoms with Crippen molar-refractivity contribution >= 4 is 68.3 Å². The van der Waals surface area contributed by atoms with Gasteiger partial charge in [-0.3, -0.25) is 4.79 Å². The largest absolute Gasteiger partial charge is 0.496 e. The van der Waals surface area contributed by atoms with Crippen molar-refractivity contribution < 1.29 is 19.0 Å². The van der Waals surface area contributed by atoms with Crippen LogP contribution in [0.5, 0.6) is 11.5 Å². The number of hydrogen-bond donors (Lipinski definition) is 0. The van der Waals surface area contributed by atoms with Gasteiger partial charge in [-0.25, -0.2) is 9.78 Å². The van der Waals surface area contributed by atoms with Gasteiger partial charge >= 0.3 is 5.97 Å². The van der Waals surface area contributed by atoms with Gasteiger partial charge in [0.15, 0.2) is 11.9 Å². The summed E-state index contributed by atoms with van der Waals surface area (Å²) in [4.78, 5) is 30.4. The first-order valence-electron chi connectivity index (χ1n) is 12.5. The Morgan fingerprint density at radius 2 is 1.73 bits per heavy atom. The molecule has 0 aliphatic carbocycles. The van der Waals surface area contributed by atoms with Gasteiger partial charge in [0.1, 0.15) is 11.5 Å². The average molecular weight is 765 g/mol. The second kappa shape index (κ2) is 12.7. The van der Waals surface area contributed by atoms with Gasteiger partial charge in [-0.2, -0.15) is 9.78 Å². The Morgan fingerprint density at radius 1 is 1.05 bits per heavy atom. The van der Waals surface area contributed by atoms with E-state index in [1.54, 1.807) is 26.3 Å². The molecule has 0 saturated heterocycles. The summed E-state index contributed by atoms with van der Waals surface area (Å²) in [6.45, 7) is 7.80. The van der Waals surface area contributed by atoms with Crippen molar-refractivity contribution in [2.24, 2.45) is 5.10 Å². The number of carbonyl (C=O) groups excluding carboxylic acids is 1. The van der Waals surface area contributed by atoms with Gasteiger partial charge in [0.25, 0.3) is 5.56 Å². The molecule has 208 valence electrons. The molecule has 0 aliphatic heterocycles. The molecular weight excluding hydrogens is 736 g/mol. The molecule has 1 aromatic heterocycles. The second-order valence-corrected chi connectivity index (χ2v) is 11.8. The van der Waals surface area contributed by atoms with Crippen molar-refractivity contribution in [3.05, 3.63) is 82.7 Å². The van der Waals surface area contributed by atoms with Crippen molar-refractivity contribution in [2.45, 2.75) is 39.7 Å². The van der Waals surface area contributed by atoms with Gasteiger partial charge in [-0.05, 0) is 118 Å². The Morgan fingerprint density at radius 3 is 2.35 bits per heavy atom. The molecule has 10 heteroatoms. The minimum Gasteiger partial charge on any atom is -0.496 e. The van der Waals surface area contributed by atoms with Gasteiger partial charge in [0, 0.05) is 5.56 Å². The number of rotatable bonds is 8. The van der Waals surface area contributed by atoms with Crippen LogP contribution in [0.1, 0.15) is 43.4 Å². The van der Waals surface area contributed by atoms with E-state index < -0.39 is 12.1 Å². The third-order valence-electron chi connectivity index (χ3n) is 6.36. The molecule has 0 saturated carbocycles. The molecular formula is C30H29I2N3O5. The van der Waals surface area contributed by atoms with Crippen molar-refractivity contribution in [1.82, 2.24) is 9.66 Å². The zero-order valence-corrected chi connectivity index (χ0v) is 27.3. The summed E-state index contributed by atoms with van der Waals surface area (Å²) >= 11 is 4.31. The number of aromatic nitrogens is 2. The summed E-state index contributed by atoms with van der Waals surface area (Å²) in [5, 5.41) is 5.11. The fourth-order valence-corrected chi connectivity index (χ4v) is 6.32. The predicted octanol–water partition coefficient (Wildman–Crippen LogP) is 6.54. The lowest BCUT2D eigenvalue weighted by Gasteiger charge is -2.17. The van der Waals surface area contributed by atoms with E-state index in [1.165, 1.54) is 11.8 Å². The lowest BCUT2D eigenvalue weighted by atomic mass is 9.96. The summed E-state index contributed by atoms with van der Waals surface area (Å²) in [6, 6.07) is 15.0. The molecule has 8 nitrogen and oxygen atoms in total. The maximum absolute atomic E-state index is 13.7. The first-order chi connectivity index (χ1) is 19.0. The summed E-state index contributed by atoms with van der Waals surface area (Å²) in [5.41, 5.74) is 3.82. The predicted molar refractivity (Wildman–Crippen MR) is 174 cm³/mol. The number of hydrogen-bond acceptors (Lipinski definition) is 7. The van der Waals surface area contributed by atoms with E-state index in [-0.39, 0.29) is 11.5 Å². The number of benzene rings is 3. The highest BCUT2D eigenvalue weighted by atomic mass is 127. The molecule has 3 aromatic carbocycles. The molecule has 1 heterocycles. The maximum Gasteiger partial charge on any atom is 0.346 e. The maximum atomic E-state index is 13.7. The van der Waals surface area contributed by atoms with Crippen LogP contribution in [0.25, 0.3) is 22.3 Å². The second-order valence-electron chi connectivity index (χ2n) is 9.47. The lowest BCUT2D eigenvalue weighted by molar-refractivity contribution is -0.147. The fraction of sp³-hybridized carbons (Fsp3) is 0.267. The van der Waals surface area contributed by atoms with Gasteiger partial charge in [-0.1, -0.05) is 26.0 Å². The highest BCUT2D eigenvalue weighted by Gasteiger charge is 2.20. The minimum atomic E-state index is -0.750. The number of aryl methyl sites for hydroxylation is 1. The fourth-order valence-electron chi connectivity index (χ4n) is 4.25. The molecule has 4 rings (SSSR count). The number of halogens is 2. The summed E-state index contributed by atoms with van der Waals surface area (Å²) in [6.07, 6.45) is 0.876. The molecule has 1 atom stereocenters. The zero-order chi connectivity index (χ0) is 29.1. The smallest absolute Gasteiger partial charge is 0.346 e. The van der Waals surface area contributed by atoms with Crippen LogP contribution in [-0.4, -0.2) is 42.2 Å². The van der Waals surface area contributed by atoms with E-state index in [9.17, 15) is 9.59 Å². The van der Waals surface area contributed by atoms with Gasteiger partial charge in [-0.15, -0.1) is 0 Å². The number of nitrogens with zero attached hydrogens (tertiary/aromatic N) is 3. The van der Waals surface area contributed by atoms with Crippen LogP contribution in [0.4, 0.5) is 0 Å². The van der Waals surface area contributed by atoms with Crippen LogP contribution < -0.4 is 15.0 Å². The molecule has 0 aliphatic rings. The number of para-hydroxylation sites is 1. The third kappa shape index (κ3) is 6.17. The van der Waals surface area contributed by atoms with Crippen LogP contribution in [0.15, 0.2) is 58.4 Å². The standard InChI is InChI=1S/C30H29I2N3O5/c1-16(2)21-14-22(17(3)11-26(21)38-5)28-34-25-10-8-7-9-20(25)29(36)35(28)33-15-19-12-23(31)27(24(32)13-19)40-18(4)30(37)39-6/h7-16,18H,1-6H3/t18-/m1/s1. The van der Waals surface area contributed by atoms with Gasteiger partial charge < -0.3 is 14.2 Å². The number of esters is 1. The van der Waals surface area contributed by atoms with E-state index in [0.717, 1.165) is 35.1 Å². The normalized spacial score (nSPS) is 12.2. The summed E-state index contributed by atoms with van der Waals surface area (Å²) in [7, 11) is 2.98. The van der Waals surface area contributed by atoms with Crippen LogP contribution >= 0.6 is 45.2 Å². The molecule has 0 unspecified atom stereocenters. The topological polar surface area (TPSA) is 92.0 Å². The number of fused-ring (bicyclic) bond motifs is 1. The molecule has 40 heavy (non-hydrogen) atoms. The van der Waals surface area contributed by atoms with E-state index in [4.69, 9.17) is 19.2 Å². The number of carbonyl (C=O) groups is 1. The third-order valence-corrected chi connectivity index (χ3v) is 7.97. The van der Waals surface area contributed by atoms with Gasteiger partial charge in [0.05, 0.1) is 38.5 Å². The minimum absolute atomic E-state index is 0.199. The van der Waals surface area contributed by atoms with Crippen LogP contribution in [0.3, 0.4) is 0 Å². The number of ether oxygens (including phenoxy) is 3. The average Bonchev–Trinajstić information content (AvgIpc) is 2.93. The molecule has 0 N–H and O–H groups in total. The van der Waals surface area contributed by atoms with E-state index in [1.807, 2.05) is 49.4 Å². The SMILES string of the molecule is COC(=O)[C@@H](C)Oc1c(I)cc(C=Nn2c(-c3cc(C(C)C)c(OC)cc3C)nc3ccccc3c2=O)cc1I. The summed E-state index contributed by atoms with van der Waals surface area (Å²) < 4.78 is 19.2. The highest BCUT2D eigenvalue weighted by molar-refractivity contribution is 14.1. The monoisotopic (exact) mass is 765 g/mol. The summed E-state index contributed by atoms with van der Waals surface area (Å²) in [5.74, 6) is 1.56. The molecule has 4 aromatic rings. The van der Waals surface area contributed by atoms with E-state index in [0.29, 0.717) is 22.5 Å². The lowest BCUT2D eigenvalue weighted by Crippen LogP contribution is -2.25. The first kappa shape index (κ1) is 30.0. The van der Waals surface area contributed by atoms with E-state index in [2.05, 4.69) is 64.1 Å². The highest BCUT2D eigenvalue weighted by Crippen LogP contribution is 2.34. The van der Waals surface area contributed by atoms with Crippen molar-refractivity contribution in [3.8, 4) is 22.9 Å². The van der Waals surface area contributed by atoms with Gasteiger partial charge in [0.2, 0.25) is 0 Å². The van der Waals surface area contributed by atoms with Crippen LogP contribution in [0, 0.1) is 14.1 Å². The molecule has 0 spiro atoms. The molecule has 0 amide bonds. The Hall–Kier alpha value is -3.00. The van der Waals surface area contributed by atoms with E-state index >= 15 is 0 Å². The van der Waals surface area contributed by atoms with Crippen molar-refractivity contribution in [3.63, 3.8) is 0 Å². The molecule has 0 radical (unpaired) electrons. The Kier molecular flexibility index (Phi) is 9.49.